The van der Waals surface area contributed by atoms with E-state index in [1.165, 1.54) is 32.9 Å². The number of nitrogens with zero attached hydrogens (tertiary/aromatic N) is 7. The van der Waals surface area contributed by atoms with Crippen LogP contribution in [0.1, 0.15) is 37.4 Å². The molecule has 2 unspecified atom stereocenters. The second-order valence-corrected chi connectivity index (χ2v) is 12.8. The van der Waals surface area contributed by atoms with E-state index in [0.29, 0.717) is 84.9 Å². The number of hydrogen-bond donors (Lipinski definition) is 1. The van der Waals surface area contributed by atoms with Gasteiger partial charge in [-0.2, -0.15) is 4.98 Å². The smallest absolute Gasteiger partial charge is 0.311 e. The highest BCUT2D eigenvalue weighted by molar-refractivity contribution is 8.13. The molecule has 1 N–H and O–H groups in total. The monoisotopic (exact) mass is 672 g/mol. The molecule has 2 aliphatic heterocycles. The van der Waals surface area contributed by atoms with Crippen LogP contribution in [-0.2, 0) is 14.4 Å². The molecule has 46 heavy (non-hydrogen) atoms. The van der Waals surface area contributed by atoms with Crippen molar-refractivity contribution in [3.8, 4) is 11.5 Å². The minimum Gasteiger partial charge on any atom is -0.493 e. The number of fused-ring (bicyclic) bond motifs is 1. The molecular formula is C29H36N8O7S2. The number of aromatic nitrogens is 4. The Morgan fingerprint density at radius 3 is 2.41 bits per heavy atom. The van der Waals surface area contributed by atoms with E-state index >= 15 is 0 Å². The molecule has 5 rings (SSSR count). The van der Waals surface area contributed by atoms with Crippen LogP contribution in [0.2, 0.25) is 0 Å². The molecular weight excluding hydrogens is 637 g/mol. The summed E-state index contributed by atoms with van der Waals surface area (Å²) in [6.07, 6.45) is 2.97. The number of amides is 3. The Morgan fingerprint density at radius 1 is 1.04 bits per heavy atom. The van der Waals surface area contributed by atoms with Crippen molar-refractivity contribution >= 4 is 69.0 Å². The Bertz CT molecular complexity index is 1630. The Hall–Kier alpha value is -4.12. The third kappa shape index (κ3) is 7.14. The van der Waals surface area contributed by atoms with Gasteiger partial charge in [0, 0.05) is 62.8 Å². The number of nitrogens with one attached hydrogen (secondary N) is 1. The van der Waals surface area contributed by atoms with E-state index in [1.807, 2.05) is 4.90 Å². The van der Waals surface area contributed by atoms with Gasteiger partial charge in [0.15, 0.2) is 16.6 Å². The van der Waals surface area contributed by atoms with Crippen molar-refractivity contribution < 1.29 is 33.1 Å². The van der Waals surface area contributed by atoms with Crippen molar-refractivity contribution in [1.29, 1.82) is 0 Å². The van der Waals surface area contributed by atoms with Gasteiger partial charge in [-0.25, -0.2) is 4.98 Å². The van der Waals surface area contributed by atoms with Crippen LogP contribution in [0.3, 0.4) is 0 Å². The van der Waals surface area contributed by atoms with Crippen molar-refractivity contribution in [2.45, 2.75) is 38.0 Å². The van der Waals surface area contributed by atoms with Crippen molar-refractivity contribution in [2.24, 2.45) is 5.92 Å². The van der Waals surface area contributed by atoms with E-state index in [-0.39, 0.29) is 34.5 Å². The number of hydrogen-bond acceptors (Lipinski definition) is 14. The van der Waals surface area contributed by atoms with Crippen molar-refractivity contribution in [3.05, 3.63) is 18.0 Å². The quantitative estimate of drug-likeness (QED) is 0.311. The molecule has 4 heterocycles. The number of thioether (sulfide) groups is 2. The Kier molecular flexibility index (Phi) is 10.5. The maximum atomic E-state index is 13.7. The zero-order chi connectivity index (χ0) is 33.0. The van der Waals surface area contributed by atoms with Crippen LogP contribution in [0.15, 0.2) is 21.8 Å². The number of likely N-dealkylation sites (tertiary alicyclic amines) is 1. The van der Waals surface area contributed by atoms with Gasteiger partial charge in [-0.1, -0.05) is 30.4 Å². The minimum absolute atomic E-state index is 0.0570. The summed E-state index contributed by atoms with van der Waals surface area (Å²) in [6.45, 7) is 5.26. The molecule has 2 fully saturated rings. The van der Waals surface area contributed by atoms with Gasteiger partial charge in [0.05, 0.1) is 19.7 Å². The van der Waals surface area contributed by atoms with Crippen LogP contribution in [0.25, 0.3) is 10.9 Å². The van der Waals surface area contributed by atoms with E-state index in [9.17, 15) is 19.2 Å². The molecule has 246 valence electrons. The fraction of sp³-hybridized carbons (Fsp3) is 0.517. The zero-order valence-corrected chi connectivity index (χ0v) is 27.9. The van der Waals surface area contributed by atoms with Gasteiger partial charge in [0.25, 0.3) is 5.22 Å². The number of ether oxygens (including phenoxy) is 2. The second-order valence-electron chi connectivity index (χ2n) is 10.8. The summed E-state index contributed by atoms with van der Waals surface area (Å²) in [6, 6.07) is 2.74. The highest BCUT2D eigenvalue weighted by atomic mass is 32.2. The maximum absolute atomic E-state index is 13.7. The van der Waals surface area contributed by atoms with Crippen LogP contribution in [0, 0.1) is 5.92 Å². The highest BCUT2D eigenvalue weighted by Crippen LogP contribution is 2.35. The first-order chi connectivity index (χ1) is 22.1. The normalized spacial score (nSPS) is 17.2. The first-order valence-electron chi connectivity index (χ1n) is 14.7. The fourth-order valence-corrected chi connectivity index (χ4v) is 6.32. The Morgan fingerprint density at radius 2 is 1.76 bits per heavy atom. The average molecular weight is 673 g/mol. The van der Waals surface area contributed by atoms with Gasteiger partial charge in [-0.3, -0.25) is 19.2 Å². The molecule has 0 radical (unpaired) electrons. The summed E-state index contributed by atoms with van der Waals surface area (Å²) < 4.78 is 16.4. The number of rotatable bonds is 10. The second kappa shape index (κ2) is 14.5. The van der Waals surface area contributed by atoms with E-state index in [1.54, 1.807) is 35.1 Å². The third-order valence-electron chi connectivity index (χ3n) is 7.84. The molecule has 3 aromatic rings. The lowest BCUT2D eigenvalue weighted by Crippen LogP contribution is -2.49. The van der Waals surface area contributed by atoms with Gasteiger partial charge < -0.3 is 33.9 Å². The summed E-state index contributed by atoms with van der Waals surface area (Å²) in [7, 11) is 3.04. The standard InChI is InChI=1S/C29H36N8O7S2/c1-16(15-46-17(2)38)26(40)37-8-6-7-20(37)24(39)31-23-18-13-21(42-3)22(43-4)14-19(18)30-28(32-23)36-11-9-35(10-12-36)27(41)25-33-34-29(44-25)45-5/h13-14,16,20H,6-12,15H2,1-5H3,(H,30,31,32,39). The first kappa shape index (κ1) is 33.2. The number of anilines is 2. The van der Waals surface area contributed by atoms with Gasteiger partial charge in [-0.05, 0) is 25.2 Å². The minimum atomic E-state index is -0.684. The summed E-state index contributed by atoms with van der Waals surface area (Å²) >= 11 is 2.36. The van der Waals surface area contributed by atoms with E-state index in [4.69, 9.17) is 23.9 Å². The lowest BCUT2D eigenvalue weighted by molar-refractivity contribution is -0.139. The topological polar surface area (TPSA) is 173 Å². The summed E-state index contributed by atoms with van der Waals surface area (Å²) in [5.41, 5.74) is 0.515. The molecule has 2 atom stereocenters. The number of piperazine rings is 1. The van der Waals surface area contributed by atoms with Crippen LogP contribution in [-0.4, -0.2) is 118 Å². The number of methoxy groups -OCH3 is 2. The zero-order valence-electron chi connectivity index (χ0n) is 26.3. The first-order valence-corrected chi connectivity index (χ1v) is 16.9. The molecule has 17 heteroatoms. The summed E-state index contributed by atoms with van der Waals surface area (Å²) in [5.74, 6) is 0.532. The lowest BCUT2D eigenvalue weighted by atomic mass is 10.1. The third-order valence-corrected chi connectivity index (χ3v) is 9.43. The number of benzene rings is 1. The molecule has 0 bridgehead atoms. The summed E-state index contributed by atoms with van der Waals surface area (Å²) in [5, 5.41) is 11.5. The van der Waals surface area contributed by atoms with Crippen LogP contribution < -0.4 is 19.7 Å². The molecule has 2 aliphatic rings. The molecule has 2 aromatic heterocycles. The van der Waals surface area contributed by atoms with Crippen LogP contribution in [0.4, 0.5) is 11.8 Å². The molecule has 1 aromatic carbocycles. The molecule has 3 amide bonds. The SMILES string of the molecule is COc1cc2nc(N3CCN(C(=O)c4nnc(SC)o4)CC3)nc(NC(=O)C3CCCN3C(=O)C(C)CSC(C)=O)c2cc1OC. The number of carbonyl (C=O) groups excluding carboxylic acids is 4. The van der Waals surface area contributed by atoms with E-state index in [0.717, 1.165) is 11.8 Å². The lowest BCUT2D eigenvalue weighted by Gasteiger charge is -2.34. The predicted octanol–water partition coefficient (Wildman–Crippen LogP) is 2.56. The van der Waals surface area contributed by atoms with E-state index < -0.39 is 12.0 Å². The van der Waals surface area contributed by atoms with Gasteiger partial charge >= 0.3 is 11.8 Å². The Balaban J connectivity index is 1.38. The molecule has 15 nitrogen and oxygen atoms in total. The van der Waals surface area contributed by atoms with Crippen LogP contribution in [0.5, 0.6) is 11.5 Å². The van der Waals surface area contributed by atoms with E-state index in [2.05, 4.69) is 15.5 Å². The fourth-order valence-electron chi connectivity index (χ4n) is 5.40. The van der Waals surface area contributed by atoms with Crippen molar-refractivity contribution in [2.75, 3.05) is 69.2 Å². The molecule has 0 aliphatic carbocycles. The Labute approximate surface area is 274 Å². The molecule has 0 saturated carbocycles. The predicted molar refractivity (Wildman–Crippen MR) is 173 cm³/mol. The maximum Gasteiger partial charge on any atom is 0.311 e. The van der Waals surface area contributed by atoms with Crippen LogP contribution >= 0.6 is 23.5 Å². The largest absolute Gasteiger partial charge is 0.493 e. The van der Waals surface area contributed by atoms with Crippen molar-refractivity contribution in [3.63, 3.8) is 0 Å². The highest BCUT2D eigenvalue weighted by Gasteiger charge is 2.37. The van der Waals surface area contributed by atoms with Crippen molar-refractivity contribution in [1.82, 2.24) is 30.0 Å². The average Bonchev–Trinajstić information content (AvgIpc) is 3.76. The van der Waals surface area contributed by atoms with Gasteiger partial charge in [-0.15, -0.1) is 10.2 Å². The summed E-state index contributed by atoms with van der Waals surface area (Å²) in [4.78, 5) is 66.0. The number of carbonyl (C=O) groups is 4. The van der Waals surface area contributed by atoms with Gasteiger partial charge in [0.2, 0.25) is 17.8 Å². The molecule has 2 saturated heterocycles. The van der Waals surface area contributed by atoms with Gasteiger partial charge in [0.1, 0.15) is 11.9 Å². The molecule has 0 spiro atoms.